The largest absolute Gasteiger partial charge is 0.340 e. The molecule has 0 bridgehead atoms. The predicted molar refractivity (Wildman–Crippen MR) is 194 cm³/mol. The van der Waals surface area contributed by atoms with E-state index in [0.717, 1.165) is 26.0 Å². The third-order valence-electron chi connectivity index (χ3n) is 7.19. The van der Waals surface area contributed by atoms with Crippen molar-refractivity contribution in [2.75, 3.05) is 14.9 Å². The van der Waals surface area contributed by atoms with Gasteiger partial charge in [0, 0.05) is 44.7 Å². The number of carbonyl (C=O) groups excluding carboxylic acids is 2. The standard InChI is InChI=1S/C36H31BrN8O2S/c1-23(2)31-17-16-30-33(40-22-41-34(30)44-31)42-28-10-6-9-25(19-28)35(46)45(32-18-11-26(37)21-38-32)48-29-14-12-27(13-15-29)43-36(47)39-20-24-7-4-3-5-8-24/h3-19,21-23H,20H2,1-2H3,(H2,39,43,47)(H,40,41,42,44). The summed E-state index contributed by atoms with van der Waals surface area (Å²) >= 11 is 4.66. The fourth-order valence-corrected chi connectivity index (χ4v) is 5.79. The molecule has 0 spiro atoms. The van der Waals surface area contributed by atoms with E-state index in [-0.39, 0.29) is 17.9 Å². The maximum absolute atomic E-state index is 14.1. The lowest BCUT2D eigenvalue weighted by Gasteiger charge is -2.21. The Bertz CT molecular complexity index is 2040. The summed E-state index contributed by atoms with van der Waals surface area (Å²) in [6.07, 6.45) is 3.13. The van der Waals surface area contributed by atoms with Gasteiger partial charge >= 0.3 is 6.03 Å². The second-order valence-corrected chi connectivity index (χ2v) is 13.0. The van der Waals surface area contributed by atoms with E-state index in [4.69, 9.17) is 0 Å². The Morgan fingerprint density at radius 3 is 2.42 bits per heavy atom. The second kappa shape index (κ2) is 15.1. The van der Waals surface area contributed by atoms with Gasteiger partial charge < -0.3 is 16.0 Å². The Morgan fingerprint density at radius 2 is 1.67 bits per heavy atom. The van der Waals surface area contributed by atoms with E-state index in [1.165, 1.54) is 22.6 Å². The van der Waals surface area contributed by atoms with Crippen molar-refractivity contribution in [1.82, 2.24) is 25.3 Å². The SMILES string of the molecule is CC(C)c1ccc2c(Nc3cccc(C(=O)N(Sc4ccc(NC(=O)NCc5ccccc5)cc4)c4ccc(Br)cn4)c3)ncnc2n1. The molecule has 3 aromatic carbocycles. The van der Waals surface area contributed by atoms with E-state index in [1.807, 2.05) is 72.8 Å². The third-order valence-corrected chi connectivity index (χ3v) is 8.68. The molecule has 6 aromatic rings. The number of halogens is 1. The third kappa shape index (κ3) is 8.14. The van der Waals surface area contributed by atoms with Crippen molar-refractivity contribution in [2.24, 2.45) is 0 Å². The number of amides is 3. The van der Waals surface area contributed by atoms with E-state index in [1.54, 1.807) is 36.5 Å². The van der Waals surface area contributed by atoms with E-state index in [2.05, 4.69) is 65.7 Å². The highest BCUT2D eigenvalue weighted by Gasteiger charge is 2.22. The van der Waals surface area contributed by atoms with Crippen molar-refractivity contribution in [3.63, 3.8) is 0 Å². The number of nitrogens with zero attached hydrogens (tertiary/aromatic N) is 5. The summed E-state index contributed by atoms with van der Waals surface area (Å²) in [7, 11) is 0. The van der Waals surface area contributed by atoms with Crippen LogP contribution in [0.15, 0.2) is 125 Å². The van der Waals surface area contributed by atoms with Crippen LogP contribution in [0, 0.1) is 0 Å². The van der Waals surface area contributed by atoms with Gasteiger partial charge in [-0.1, -0.05) is 50.2 Å². The summed E-state index contributed by atoms with van der Waals surface area (Å²) in [5.41, 5.74) is 4.31. The molecule has 0 saturated carbocycles. The molecule has 0 aliphatic carbocycles. The minimum Gasteiger partial charge on any atom is -0.340 e. The van der Waals surface area contributed by atoms with E-state index >= 15 is 0 Å². The first-order valence-electron chi connectivity index (χ1n) is 15.1. The first-order valence-corrected chi connectivity index (χ1v) is 16.7. The normalized spacial score (nSPS) is 10.9. The topological polar surface area (TPSA) is 125 Å². The highest BCUT2D eigenvalue weighted by Crippen LogP contribution is 2.32. The lowest BCUT2D eigenvalue weighted by molar-refractivity contribution is 0.101. The number of pyridine rings is 2. The molecule has 12 heteroatoms. The van der Waals surface area contributed by atoms with Crippen molar-refractivity contribution in [3.05, 3.63) is 137 Å². The van der Waals surface area contributed by atoms with Crippen LogP contribution in [-0.2, 0) is 6.54 Å². The Kier molecular flexibility index (Phi) is 10.2. The summed E-state index contributed by atoms with van der Waals surface area (Å²) < 4.78 is 2.33. The van der Waals surface area contributed by atoms with Crippen LogP contribution in [0.25, 0.3) is 11.0 Å². The molecule has 0 aliphatic heterocycles. The molecule has 0 fully saturated rings. The summed E-state index contributed by atoms with van der Waals surface area (Å²) in [4.78, 5) is 45.3. The van der Waals surface area contributed by atoms with Gasteiger partial charge in [-0.05, 0) is 106 Å². The lowest BCUT2D eigenvalue weighted by atomic mass is 10.1. The molecular weight excluding hydrogens is 688 g/mol. The predicted octanol–water partition coefficient (Wildman–Crippen LogP) is 8.73. The average molecular weight is 720 g/mol. The number of urea groups is 1. The van der Waals surface area contributed by atoms with Crippen LogP contribution in [0.4, 0.5) is 27.8 Å². The van der Waals surface area contributed by atoms with E-state index in [9.17, 15) is 9.59 Å². The number of benzene rings is 3. The van der Waals surface area contributed by atoms with Gasteiger partial charge in [0.05, 0.1) is 5.39 Å². The zero-order valence-electron chi connectivity index (χ0n) is 26.1. The molecule has 10 nitrogen and oxygen atoms in total. The van der Waals surface area contributed by atoms with Gasteiger partial charge in [0.15, 0.2) is 5.65 Å². The Labute approximate surface area is 290 Å². The van der Waals surface area contributed by atoms with Crippen LogP contribution >= 0.6 is 27.9 Å². The summed E-state index contributed by atoms with van der Waals surface area (Å²) in [6.45, 7) is 4.59. The molecule has 0 saturated heterocycles. The number of anilines is 4. The molecule has 0 atom stereocenters. The summed E-state index contributed by atoms with van der Waals surface area (Å²) in [5, 5.41) is 9.81. The Morgan fingerprint density at radius 1 is 0.854 bits per heavy atom. The fraction of sp³-hybridized carbons (Fsp3) is 0.111. The molecule has 3 amide bonds. The van der Waals surface area contributed by atoms with E-state index in [0.29, 0.717) is 40.8 Å². The first kappa shape index (κ1) is 32.6. The maximum Gasteiger partial charge on any atom is 0.319 e. The van der Waals surface area contributed by atoms with Gasteiger partial charge in [0.1, 0.15) is 18.0 Å². The summed E-state index contributed by atoms with van der Waals surface area (Å²) in [5.74, 6) is 1.06. The fourth-order valence-electron chi connectivity index (χ4n) is 4.70. The minimum atomic E-state index is -0.310. The molecular formula is C36H31BrN8O2S. The van der Waals surface area contributed by atoms with Gasteiger partial charge in [-0.25, -0.2) is 29.0 Å². The van der Waals surface area contributed by atoms with Crippen molar-refractivity contribution < 1.29 is 9.59 Å². The quantitative estimate of drug-likeness (QED) is 0.120. The number of carbonyl (C=O) groups is 2. The van der Waals surface area contributed by atoms with Gasteiger partial charge in [0.25, 0.3) is 5.91 Å². The number of rotatable bonds is 10. The van der Waals surface area contributed by atoms with Crippen LogP contribution in [0.1, 0.15) is 41.4 Å². The average Bonchev–Trinajstić information content (AvgIpc) is 3.11. The number of aromatic nitrogens is 4. The van der Waals surface area contributed by atoms with Crippen LogP contribution in [0.2, 0.25) is 0 Å². The van der Waals surface area contributed by atoms with Crippen molar-refractivity contribution in [3.8, 4) is 0 Å². The van der Waals surface area contributed by atoms with Crippen molar-refractivity contribution in [1.29, 1.82) is 0 Å². The molecule has 3 heterocycles. The Hall–Kier alpha value is -5.33. The monoisotopic (exact) mass is 718 g/mol. The highest BCUT2D eigenvalue weighted by molar-refractivity contribution is 9.10. The maximum atomic E-state index is 14.1. The van der Waals surface area contributed by atoms with Gasteiger partial charge in [0.2, 0.25) is 0 Å². The number of fused-ring (bicyclic) bond motifs is 1. The van der Waals surface area contributed by atoms with Crippen LogP contribution in [-0.4, -0.2) is 31.9 Å². The van der Waals surface area contributed by atoms with Crippen LogP contribution < -0.4 is 20.3 Å². The van der Waals surface area contributed by atoms with Crippen LogP contribution in [0.5, 0.6) is 0 Å². The molecule has 0 aliphatic rings. The number of nitrogens with one attached hydrogen (secondary N) is 3. The number of hydrogen-bond acceptors (Lipinski definition) is 8. The molecule has 240 valence electrons. The van der Waals surface area contributed by atoms with Crippen molar-refractivity contribution >= 4 is 73.9 Å². The first-order chi connectivity index (χ1) is 23.3. The lowest BCUT2D eigenvalue weighted by Crippen LogP contribution is -2.28. The molecule has 3 N–H and O–H groups in total. The second-order valence-electron chi connectivity index (χ2n) is 11.0. The smallest absolute Gasteiger partial charge is 0.319 e. The summed E-state index contributed by atoms with van der Waals surface area (Å²) in [6, 6.07) is 31.4. The molecule has 0 unspecified atom stereocenters. The molecule has 6 rings (SSSR count). The van der Waals surface area contributed by atoms with Crippen molar-refractivity contribution in [2.45, 2.75) is 31.2 Å². The van der Waals surface area contributed by atoms with Gasteiger partial charge in [-0.3, -0.25) is 4.79 Å². The molecule has 0 radical (unpaired) electrons. The molecule has 3 aromatic heterocycles. The molecule has 48 heavy (non-hydrogen) atoms. The van der Waals surface area contributed by atoms with Crippen LogP contribution in [0.3, 0.4) is 0 Å². The van der Waals surface area contributed by atoms with Gasteiger partial charge in [-0.15, -0.1) is 0 Å². The Balaban J connectivity index is 1.19. The number of hydrogen-bond donors (Lipinski definition) is 3. The zero-order chi connectivity index (χ0) is 33.5. The van der Waals surface area contributed by atoms with Gasteiger partial charge in [-0.2, -0.15) is 0 Å². The van der Waals surface area contributed by atoms with E-state index < -0.39 is 0 Å². The minimum absolute atomic E-state index is 0.267. The highest BCUT2D eigenvalue weighted by atomic mass is 79.9. The zero-order valence-corrected chi connectivity index (χ0v) is 28.5.